The van der Waals surface area contributed by atoms with Crippen LogP contribution in [0.3, 0.4) is 0 Å². The second kappa shape index (κ2) is 11.4. The Balaban J connectivity index is 1.19. The lowest BCUT2D eigenvalue weighted by Gasteiger charge is -2.10. The highest BCUT2D eigenvalue weighted by Crippen LogP contribution is 2.37. The van der Waals surface area contributed by atoms with Gasteiger partial charge in [0.05, 0.1) is 16.6 Å². The third kappa shape index (κ3) is 4.58. The van der Waals surface area contributed by atoms with Crippen LogP contribution in [0.5, 0.6) is 0 Å². The van der Waals surface area contributed by atoms with Gasteiger partial charge in [-0.25, -0.2) is 19.9 Å². The molecule has 3 heterocycles. The molecular weight excluding hydrogens is 615 g/mol. The van der Waals surface area contributed by atoms with Crippen molar-refractivity contribution >= 4 is 43.7 Å². The van der Waals surface area contributed by atoms with E-state index in [4.69, 9.17) is 24.4 Å². The monoisotopic (exact) mass is 641 g/mol. The molecule has 0 bridgehead atoms. The van der Waals surface area contributed by atoms with Gasteiger partial charge in [-0.1, -0.05) is 121 Å². The molecular formula is C44H27N5O. The van der Waals surface area contributed by atoms with Gasteiger partial charge in [-0.05, 0) is 53.2 Å². The van der Waals surface area contributed by atoms with Crippen molar-refractivity contribution < 1.29 is 4.42 Å². The quantitative estimate of drug-likeness (QED) is 0.187. The van der Waals surface area contributed by atoms with Crippen LogP contribution in [0.15, 0.2) is 168 Å². The Bertz CT molecular complexity index is 2870. The lowest BCUT2D eigenvalue weighted by Crippen LogP contribution is -2.00. The normalized spacial score (nSPS) is 11.6. The standard InChI is InChI=1S/C44H27N5O/c1-3-14-29(15-4-1)41-46-42(30-25-26-34-33-20-9-10-24-38(33)49(39(34)27-30)31-17-5-2-6-18-31)48-43(47-41)36-22-12-23-37-40(36)50-44(45-37)35-21-11-16-28-13-7-8-19-32(28)35/h1-27H. The zero-order chi connectivity index (χ0) is 33.0. The van der Waals surface area contributed by atoms with Crippen LogP contribution in [0.1, 0.15) is 0 Å². The summed E-state index contributed by atoms with van der Waals surface area (Å²) in [4.78, 5) is 20.1. The van der Waals surface area contributed by atoms with E-state index in [1.54, 1.807) is 0 Å². The Morgan fingerprint density at radius 3 is 1.92 bits per heavy atom. The predicted molar refractivity (Wildman–Crippen MR) is 201 cm³/mol. The van der Waals surface area contributed by atoms with Crippen molar-refractivity contribution in [1.29, 1.82) is 0 Å². The molecule has 0 aliphatic heterocycles. The Labute approximate surface area is 287 Å². The van der Waals surface area contributed by atoms with Gasteiger partial charge >= 0.3 is 0 Å². The molecule has 0 unspecified atom stereocenters. The first kappa shape index (κ1) is 28.1. The number of rotatable bonds is 5. The molecule has 0 atom stereocenters. The molecule has 0 amide bonds. The van der Waals surface area contributed by atoms with Crippen LogP contribution in [0, 0.1) is 0 Å². The van der Waals surface area contributed by atoms with Crippen LogP contribution >= 0.6 is 0 Å². The first-order valence-electron chi connectivity index (χ1n) is 16.6. The molecule has 234 valence electrons. The van der Waals surface area contributed by atoms with Gasteiger partial charge in [0, 0.05) is 33.2 Å². The van der Waals surface area contributed by atoms with E-state index in [9.17, 15) is 0 Å². The fourth-order valence-corrected chi connectivity index (χ4v) is 6.96. The van der Waals surface area contributed by atoms with Crippen molar-refractivity contribution in [1.82, 2.24) is 24.5 Å². The number of fused-ring (bicyclic) bond motifs is 5. The third-order valence-electron chi connectivity index (χ3n) is 9.29. The van der Waals surface area contributed by atoms with Crippen molar-refractivity contribution in [3.8, 4) is 51.3 Å². The van der Waals surface area contributed by atoms with Gasteiger partial charge in [0.25, 0.3) is 0 Å². The maximum absolute atomic E-state index is 6.58. The molecule has 3 aromatic heterocycles. The molecule has 0 fully saturated rings. The van der Waals surface area contributed by atoms with Crippen molar-refractivity contribution in [2.45, 2.75) is 0 Å². The summed E-state index contributed by atoms with van der Waals surface area (Å²) in [5.74, 6) is 2.23. The highest BCUT2D eigenvalue weighted by molar-refractivity contribution is 6.10. The molecule has 0 aliphatic carbocycles. The molecule has 10 aromatic rings. The maximum Gasteiger partial charge on any atom is 0.227 e. The summed E-state index contributed by atoms with van der Waals surface area (Å²) in [5, 5.41) is 4.57. The average Bonchev–Trinajstić information content (AvgIpc) is 3.77. The van der Waals surface area contributed by atoms with Crippen molar-refractivity contribution in [2.75, 3.05) is 0 Å². The van der Waals surface area contributed by atoms with Crippen molar-refractivity contribution in [2.24, 2.45) is 0 Å². The Hall–Kier alpha value is -6.92. The molecule has 50 heavy (non-hydrogen) atoms. The van der Waals surface area contributed by atoms with Crippen molar-refractivity contribution in [3.05, 3.63) is 164 Å². The largest absolute Gasteiger partial charge is 0.435 e. The number of hydrogen-bond donors (Lipinski definition) is 0. The lowest BCUT2D eigenvalue weighted by molar-refractivity contribution is 0.621. The van der Waals surface area contributed by atoms with Crippen molar-refractivity contribution in [3.63, 3.8) is 0 Å². The Kier molecular flexibility index (Phi) is 6.39. The van der Waals surface area contributed by atoms with E-state index in [0.29, 0.717) is 28.9 Å². The topological polar surface area (TPSA) is 69.6 Å². The first-order chi connectivity index (χ1) is 24.8. The van der Waals surface area contributed by atoms with E-state index in [0.717, 1.165) is 60.6 Å². The molecule has 0 saturated carbocycles. The molecule has 0 aliphatic rings. The summed E-state index contributed by atoms with van der Waals surface area (Å²) < 4.78 is 8.88. The SMILES string of the molecule is c1ccc(-c2nc(-c3ccc4c5ccccc5n(-c5ccccc5)c4c3)nc(-c3cccc4nc(-c5cccc6ccccc56)oc34)n2)cc1. The lowest BCUT2D eigenvalue weighted by atomic mass is 10.0. The van der Waals surface area contributed by atoms with E-state index >= 15 is 0 Å². The first-order valence-corrected chi connectivity index (χ1v) is 16.6. The van der Waals surface area contributed by atoms with Gasteiger partial charge in [0.1, 0.15) is 5.52 Å². The number of hydrogen-bond acceptors (Lipinski definition) is 5. The number of para-hydroxylation sites is 3. The van der Waals surface area contributed by atoms with Crippen LogP contribution in [-0.4, -0.2) is 24.5 Å². The van der Waals surface area contributed by atoms with Crippen LogP contribution in [0.25, 0.3) is 95.0 Å². The van der Waals surface area contributed by atoms with E-state index in [1.807, 2.05) is 78.9 Å². The van der Waals surface area contributed by atoms with Crippen LogP contribution in [-0.2, 0) is 0 Å². The molecule has 6 nitrogen and oxygen atoms in total. The highest BCUT2D eigenvalue weighted by Gasteiger charge is 2.20. The summed E-state index contributed by atoms with van der Waals surface area (Å²) in [7, 11) is 0. The van der Waals surface area contributed by atoms with E-state index in [-0.39, 0.29) is 0 Å². The summed E-state index contributed by atoms with van der Waals surface area (Å²) >= 11 is 0. The second-order valence-corrected chi connectivity index (χ2v) is 12.3. The number of aromatic nitrogens is 5. The van der Waals surface area contributed by atoms with Crippen LogP contribution in [0.2, 0.25) is 0 Å². The molecule has 0 N–H and O–H groups in total. The third-order valence-corrected chi connectivity index (χ3v) is 9.29. The predicted octanol–water partition coefficient (Wildman–Crippen LogP) is 10.9. The molecule has 0 spiro atoms. The van der Waals surface area contributed by atoms with E-state index < -0.39 is 0 Å². The highest BCUT2D eigenvalue weighted by atomic mass is 16.3. The van der Waals surface area contributed by atoms with Crippen LogP contribution < -0.4 is 0 Å². The minimum Gasteiger partial charge on any atom is -0.435 e. The number of benzene rings is 7. The van der Waals surface area contributed by atoms with Gasteiger partial charge in [0.2, 0.25) is 5.89 Å². The molecule has 6 heteroatoms. The minimum absolute atomic E-state index is 0.517. The van der Waals surface area contributed by atoms with Gasteiger partial charge in [-0.3, -0.25) is 0 Å². The van der Waals surface area contributed by atoms with E-state index in [1.165, 1.54) is 5.39 Å². The average molecular weight is 642 g/mol. The molecule has 10 rings (SSSR count). The van der Waals surface area contributed by atoms with Gasteiger partial charge < -0.3 is 8.98 Å². The molecule has 7 aromatic carbocycles. The molecule has 0 saturated heterocycles. The minimum atomic E-state index is 0.517. The fourth-order valence-electron chi connectivity index (χ4n) is 6.96. The Morgan fingerprint density at radius 1 is 0.420 bits per heavy atom. The second-order valence-electron chi connectivity index (χ2n) is 12.3. The summed E-state index contributed by atoms with van der Waals surface area (Å²) in [5.41, 5.74) is 8.17. The van der Waals surface area contributed by atoms with E-state index in [2.05, 4.69) is 89.5 Å². The smallest absolute Gasteiger partial charge is 0.227 e. The van der Waals surface area contributed by atoms with Crippen LogP contribution in [0.4, 0.5) is 0 Å². The summed E-state index contributed by atoms with van der Waals surface area (Å²) in [6.45, 7) is 0. The van der Waals surface area contributed by atoms with Gasteiger partial charge in [-0.15, -0.1) is 0 Å². The maximum atomic E-state index is 6.58. The Morgan fingerprint density at radius 2 is 1.06 bits per heavy atom. The zero-order valence-electron chi connectivity index (χ0n) is 26.7. The fraction of sp³-hybridized carbons (Fsp3) is 0. The molecule has 0 radical (unpaired) electrons. The van der Waals surface area contributed by atoms with Gasteiger partial charge in [0.15, 0.2) is 23.1 Å². The summed E-state index contributed by atoms with van der Waals surface area (Å²) in [6, 6.07) is 55.8. The number of oxazole rings is 1. The van der Waals surface area contributed by atoms with Gasteiger partial charge in [-0.2, -0.15) is 0 Å². The summed E-state index contributed by atoms with van der Waals surface area (Å²) in [6.07, 6.45) is 0. The zero-order valence-corrected chi connectivity index (χ0v) is 26.7. The number of nitrogens with zero attached hydrogens (tertiary/aromatic N) is 5.